The van der Waals surface area contributed by atoms with Crippen LogP contribution in [0.2, 0.25) is 0 Å². The highest BCUT2D eigenvalue weighted by Crippen LogP contribution is 2.13. The minimum absolute atomic E-state index is 0.208. The lowest BCUT2D eigenvalue weighted by atomic mass is 10.2. The van der Waals surface area contributed by atoms with E-state index in [0.717, 1.165) is 36.7 Å². The van der Waals surface area contributed by atoms with Crippen LogP contribution >= 0.6 is 0 Å². The molecule has 1 atom stereocenters. The highest BCUT2D eigenvalue weighted by Gasteiger charge is 2.04. The zero-order valence-electron chi connectivity index (χ0n) is 14.2. The zero-order chi connectivity index (χ0) is 16.2. The first-order chi connectivity index (χ1) is 10.7. The van der Waals surface area contributed by atoms with Crippen molar-refractivity contribution < 1.29 is 9.47 Å². The van der Waals surface area contributed by atoms with Gasteiger partial charge in [-0.25, -0.2) is 0 Å². The van der Waals surface area contributed by atoms with Gasteiger partial charge < -0.3 is 20.1 Å². The van der Waals surface area contributed by atoms with Crippen molar-refractivity contribution in [3.8, 4) is 5.75 Å². The lowest BCUT2D eigenvalue weighted by molar-refractivity contribution is 0.179. The monoisotopic (exact) mass is 307 g/mol. The van der Waals surface area contributed by atoms with E-state index in [-0.39, 0.29) is 6.04 Å². The van der Waals surface area contributed by atoms with Crippen LogP contribution in [0.1, 0.15) is 32.3 Å². The summed E-state index contributed by atoms with van der Waals surface area (Å²) in [5, 5.41) is 6.57. The van der Waals surface area contributed by atoms with Crippen LogP contribution in [0, 0.1) is 0 Å². The van der Waals surface area contributed by atoms with Crippen molar-refractivity contribution in [2.75, 3.05) is 27.4 Å². The number of rotatable bonds is 9. The summed E-state index contributed by atoms with van der Waals surface area (Å²) < 4.78 is 10.8. The number of nitrogens with zero attached hydrogens (tertiary/aromatic N) is 1. The average Bonchev–Trinajstić information content (AvgIpc) is 2.52. The molecule has 1 aromatic rings. The Labute approximate surface area is 134 Å². The summed E-state index contributed by atoms with van der Waals surface area (Å²) in [7, 11) is 3.46. The van der Waals surface area contributed by atoms with Crippen LogP contribution in [0.5, 0.6) is 5.75 Å². The lowest BCUT2D eigenvalue weighted by Gasteiger charge is -2.17. The third kappa shape index (κ3) is 7.31. The van der Waals surface area contributed by atoms with Gasteiger partial charge in [0.2, 0.25) is 0 Å². The maximum Gasteiger partial charge on any atom is 0.191 e. The van der Waals surface area contributed by atoms with Gasteiger partial charge in [0.25, 0.3) is 0 Å². The molecule has 124 valence electrons. The molecule has 0 spiro atoms. The summed E-state index contributed by atoms with van der Waals surface area (Å²) >= 11 is 0. The first-order valence-electron chi connectivity index (χ1n) is 7.87. The van der Waals surface area contributed by atoms with Crippen molar-refractivity contribution in [1.29, 1.82) is 0 Å². The van der Waals surface area contributed by atoms with Crippen LogP contribution in [-0.4, -0.2) is 39.4 Å². The smallest absolute Gasteiger partial charge is 0.191 e. The second-order valence-corrected chi connectivity index (χ2v) is 5.28. The number of nitrogens with one attached hydrogen (secondary N) is 2. The van der Waals surface area contributed by atoms with Gasteiger partial charge in [-0.15, -0.1) is 0 Å². The molecule has 0 fully saturated rings. The van der Waals surface area contributed by atoms with E-state index < -0.39 is 0 Å². The van der Waals surface area contributed by atoms with Crippen LogP contribution in [-0.2, 0) is 11.3 Å². The van der Waals surface area contributed by atoms with E-state index in [1.165, 1.54) is 0 Å². The molecule has 0 amide bonds. The molecule has 1 rings (SSSR count). The Bertz CT molecular complexity index is 449. The maximum atomic E-state index is 5.73. The minimum Gasteiger partial charge on any atom is -0.494 e. The SMILES string of the molecule is CCCCOc1cccc(CNC(=NC)NC(C)COC)c1. The van der Waals surface area contributed by atoms with E-state index >= 15 is 0 Å². The van der Waals surface area contributed by atoms with Gasteiger partial charge >= 0.3 is 0 Å². The number of hydrogen-bond donors (Lipinski definition) is 2. The standard InChI is InChI=1S/C17H29N3O2/c1-5-6-10-22-16-9-7-8-15(11-16)12-19-17(18-3)20-14(2)13-21-4/h7-9,11,14H,5-6,10,12-13H2,1-4H3,(H2,18,19,20). The van der Waals surface area contributed by atoms with Crippen LogP contribution in [0.4, 0.5) is 0 Å². The molecule has 0 radical (unpaired) electrons. The normalized spacial score (nSPS) is 12.8. The number of ether oxygens (including phenoxy) is 2. The van der Waals surface area contributed by atoms with Gasteiger partial charge in [-0.3, -0.25) is 4.99 Å². The van der Waals surface area contributed by atoms with Gasteiger partial charge in [0, 0.05) is 26.7 Å². The maximum absolute atomic E-state index is 5.73. The number of guanidine groups is 1. The van der Waals surface area contributed by atoms with Crippen molar-refractivity contribution >= 4 is 5.96 Å². The molecule has 1 aromatic carbocycles. The highest BCUT2D eigenvalue weighted by molar-refractivity contribution is 5.79. The van der Waals surface area contributed by atoms with Gasteiger partial charge in [0.1, 0.15) is 5.75 Å². The number of hydrogen-bond acceptors (Lipinski definition) is 3. The second kappa shape index (κ2) is 10.9. The fraction of sp³-hybridized carbons (Fsp3) is 0.588. The van der Waals surface area contributed by atoms with Gasteiger partial charge in [-0.2, -0.15) is 0 Å². The summed E-state index contributed by atoms with van der Waals surface area (Å²) in [6.45, 7) is 6.32. The molecule has 0 saturated carbocycles. The van der Waals surface area contributed by atoms with Crippen molar-refractivity contribution in [2.24, 2.45) is 4.99 Å². The quantitative estimate of drug-likeness (QED) is 0.418. The Hall–Kier alpha value is -1.75. The first kappa shape index (κ1) is 18.3. The van der Waals surface area contributed by atoms with Gasteiger partial charge in [-0.05, 0) is 31.0 Å². The van der Waals surface area contributed by atoms with Crippen LogP contribution in [0.3, 0.4) is 0 Å². The molecule has 0 aliphatic rings. The molecule has 0 bridgehead atoms. The minimum atomic E-state index is 0.208. The van der Waals surface area contributed by atoms with Crippen molar-refractivity contribution in [3.63, 3.8) is 0 Å². The molecule has 0 aromatic heterocycles. The summed E-state index contributed by atoms with van der Waals surface area (Å²) in [5.74, 6) is 1.69. The molecule has 22 heavy (non-hydrogen) atoms. The molecule has 2 N–H and O–H groups in total. The number of methoxy groups -OCH3 is 1. The van der Waals surface area contributed by atoms with Crippen molar-refractivity contribution in [3.05, 3.63) is 29.8 Å². The fourth-order valence-electron chi connectivity index (χ4n) is 1.99. The molecule has 0 aliphatic carbocycles. The Morgan fingerprint density at radius 2 is 2.18 bits per heavy atom. The highest BCUT2D eigenvalue weighted by atomic mass is 16.5. The third-order valence-corrected chi connectivity index (χ3v) is 3.15. The van der Waals surface area contributed by atoms with Gasteiger partial charge in [-0.1, -0.05) is 25.5 Å². The molecule has 0 saturated heterocycles. The summed E-state index contributed by atoms with van der Waals surface area (Å²) in [6.07, 6.45) is 2.22. The van der Waals surface area contributed by atoms with E-state index in [9.17, 15) is 0 Å². The zero-order valence-corrected chi connectivity index (χ0v) is 14.2. The Morgan fingerprint density at radius 3 is 2.86 bits per heavy atom. The second-order valence-electron chi connectivity index (χ2n) is 5.28. The Morgan fingerprint density at radius 1 is 1.36 bits per heavy atom. The van der Waals surface area contributed by atoms with Crippen LogP contribution in [0.15, 0.2) is 29.3 Å². The van der Waals surface area contributed by atoms with Crippen LogP contribution < -0.4 is 15.4 Å². The molecular formula is C17H29N3O2. The molecule has 1 unspecified atom stereocenters. The Balaban J connectivity index is 2.47. The first-order valence-corrected chi connectivity index (χ1v) is 7.87. The van der Waals surface area contributed by atoms with E-state index in [0.29, 0.717) is 13.2 Å². The number of benzene rings is 1. The van der Waals surface area contributed by atoms with E-state index in [1.54, 1.807) is 14.2 Å². The molecule has 0 aliphatic heterocycles. The molecular weight excluding hydrogens is 278 g/mol. The van der Waals surface area contributed by atoms with Gasteiger partial charge in [0.05, 0.1) is 13.2 Å². The topological polar surface area (TPSA) is 54.9 Å². The fourth-order valence-corrected chi connectivity index (χ4v) is 1.99. The molecule has 0 heterocycles. The van der Waals surface area contributed by atoms with E-state index in [2.05, 4.69) is 41.6 Å². The van der Waals surface area contributed by atoms with E-state index in [4.69, 9.17) is 9.47 Å². The molecule has 5 heteroatoms. The summed E-state index contributed by atoms with van der Waals surface area (Å²) in [6, 6.07) is 8.36. The number of unbranched alkanes of at least 4 members (excludes halogenated alkanes) is 1. The van der Waals surface area contributed by atoms with Crippen molar-refractivity contribution in [2.45, 2.75) is 39.3 Å². The van der Waals surface area contributed by atoms with E-state index in [1.807, 2.05) is 12.1 Å². The average molecular weight is 307 g/mol. The summed E-state index contributed by atoms with van der Waals surface area (Å²) in [4.78, 5) is 4.22. The Kier molecular flexibility index (Phi) is 9.07. The summed E-state index contributed by atoms with van der Waals surface area (Å²) in [5.41, 5.74) is 1.16. The van der Waals surface area contributed by atoms with Crippen molar-refractivity contribution in [1.82, 2.24) is 10.6 Å². The lowest BCUT2D eigenvalue weighted by Crippen LogP contribution is -2.43. The largest absolute Gasteiger partial charge is 0.494 e. The predicted molar refractivity (Wildman–Crippen MR) is 91.5 cm³/mol. The molecule has 5 nitrogen and oxygen atoms in total. The third-order valence-electron chi connectivity index (χ3n) is 3.15. The van der Waals surface area contributed by atoms with Gasteiger partial charge in [0.15, 0.2) is 5.96 Å². The van der Waals surface area contributed by atoms with Crippen LogP contribution in [0.25, 0.3) is 0 Å². The number of aliphatic imine (C=N–C) groups is 1. The predicted octanol–water partition coefficient (Wildman–Crippen LogP) is 2.57.